The summed E-state index contributed by atoms with van der Waals surface area (Å²) in [5.74, 6) is 1.27. The molecule has 3 aromatic rings. The van der Waals surface area contributed by atoms with Crippen molar-refractivity contribution in [3.8, 4) is 16.2 Å². The Hall–Kier alpha value is -2.37. The number of hydrogen-bond acceptors (Lipinski definition) is 4. The third-order valence-corrected chi connectivity index (χ3v) is 6.60. The van der Waals surface area contributed by atoms with Gasteiger partial charge in [-0.2, -0.15) is 4.73 Å². The van der Waals surface area contributed by atoms with Crippen LogP contribution in [0.3, 0.4) is 0 Å². The number of methoxy groups -OCH3 is 1. The molecule has 5 heteroatoms. The predicted octanol–water partition coefficient (Wildman–Crippen LogP) is 7.22. The van der Waals surface area contributed by atoms with Crippen LogP contribution in [0.2, 0.25) is 0 Å². The van der Waals surface area contributed by atoms with Gasteiger partial charge in [0.1, 0.15) is 12.4 Å². The van der Waals surface area contributed by atoms with Gasteiger partial charge in [0.15, 0.2) is 3.95 Å². The average Bonchev–Trinajstić information content (AvgIpc) is 3.04. The first-order valence-electron chi connectivity index (χ1n) is 10.2. The molecular formula is C25H29NO2S2. The Bertz CT molecular complexity index is 1030. The number of rotatable bonds is 9. The number of aromatic nitrogens is 1. The molecule has 0 aliphatic heterocycles. The number of nitrogens with zero attached hydrogens (tertiary/aromatic N) is 1. The molecule has 0 amide bonds. The second-order valence-electron chi connectivity index (χ2n) is 7.55. The molecule has 1 heterocycles. The van der Waals surface area contributed by atoms with E-state index in [-0.39, 0.29) is 0 Å². The van der Waals surface area contributed by atoms with Crippen LogP contribution >= 0.6 is 23.6 Å². The monoisotopic (exact) mass is 439 g/mol. The van der Waals surface area contributed by atoms with E-state index in [4.69, 9.17) is 21.8 Å². The van der Waals surface area contributed by atoms with E-state index in [2.05, 4.69) is 69.3 Å². The first-order valence-corrected chi connectivity index (χ1v) is 11.4. The number of thiazole rings is 1. The molecule has 158 valence electrons. The number of ether oxygens (including phenoxy) is 1. The zero-order chi connectivity index (χ0) is 21.5. The third-order valence-electron chi connectivity index (χ3n) is 5.11. The first-order chi connectivity index (χ1) is 14.5. The van der Waals surface area contributed by atoms with E-state index >= 15 is 0 Å². The molecule has 1 atom stereocenters. The Kier molecular flexibility index (Phi) is 7.88. The highest BCUT2D eigenvalue weighted by Gasteiger charge is 2.14. The molecule has 0 radical (unpaired) electrons. The molecule has 1 unspecified atom stereocenters. The van der Waals surface area contributed by atoms with E-state index in [0.29, 0.717) is 12.5 Å². The maximum Gasteiger partial charge on any atom is 0.197 e. The van der Waals surface area contributed by atoms with Crippen LogP contribution in [-0.2, 0) is 0 Å². The second-order valence-corrected chi connectivity index (χ2v) is 9.20. The van der Waals surface area contributed by atoms with Gasteiger partial charge < -0.3 is 9.57 Å². The summed E-state index contributed by atoms with van der Waals surface area (Å²) in [6.45, 7) is 6.97. The molecule has 0 N–H and O–H groups in total. The molecule has 0 aliphatic carbocycles. The number of allylic oxidation sites excluding steroid dienone is 2. The van der Waals surface area contributed by atoms with Crippen molar-refractivity contribution in [2.24, 2.45) is 0 Å². The van der Waals surface area contributed by atoms with Gasteiger partial charge in [-0.05, 0) is 87.1 Å². The van der Waals surface area contributed by atoms with Crippen LogP contribution in [0.15, 0.2) is 66.2 Å². The molecule has 0 spiro atoms. The van der Waals surface area contributed by atoms with Crippen molar-refractivity contribution in [3.05, 3.63) is 81.5 Å². The van der Waals surface area contributed by atoms with Crippen LogP contribution in [0.5, 0.6) is 5.75 Å². The third kappa shape index (κ3) is 5.61. The largest absolute Gasteiger partial charge is 0.497 e. The highest BCUT2D eigenvalue weighted by atomic mass is 32.1. The van der Waals surface area contributed by atoms with E-state index in [1.54, 1.807) is 18.4 Å². The smallest absolute Gasteiger partial charge is 0.197 e. The Labute approximate surface area is 188 Å². The molecule has 0 bridgehead atoms. The molecule has 0 fully saturated rings. The molecular weight excluding hydrogens is 410 g/mol. The summed E-state index contributed by atoms with van der Waals surface area (Å²) in [6.07, 6.45) is 4.25. The van der Waals surface area contributed by atoms with Crippen molar-refractivity contribution in [2.75, 3.05) is 13.7 Å². The van der Waals surface area contributed by atoms with E-state index in [1.807, 2.05) is 16.9 Å². The quantitative estimate of drug-likeness (QED) is 0.260. The van der Waals surface area contributed by atoms with Gasteiger partial charge in [0.05, 0.1) is 17.7 Å². The lowest BCUT2D eigenvalue weighted by atomic mass is 9.92. The van der Waals surface area contributed by atoms with Gasteiger partial charge in [-0.3, -0.25) is 0 Å². The van der Waals surface area contributed by atoms with Crippen LogP contribution in [0.25, 0.3) is 10.4 Å². The van der Waals surface area contributed by atoms with Crippen LogP contribution < -0.4 is 9.57 Å². The molecule has 2 aromatic carbocycles. The van der Waals surface area contributed by atoms with Crippen LogP contribution in [-0.4, -0.2) is 18.4 Å². The topological polar surface area (TPSA) is 23.4 Å². The zero-order valence-corrected chi connectivity index (χ0v) is 19.7. The van der Waals surface area contributed by atoms with Gasteiger partial charge in [0.25, 0.3) is 0 Å². The van der Waals surface area contributed by atoms with Crippen molar-refractivity contribution in [3.63, 3.8) is 0 Å². The van der Waals surface area contributed by atoms with Gasteiger partial charge in [-0.15, -0.1) is 11.3 Å². The van der Waals surface area contributed by atoms with Gasteiger partial charge in [-0.1, -0.05) is 42.0 Å². The fourth-order valence-electron chi connectivity index (χ4n) is 3.40. The Morgan fingerprint density at radius 2 is 1.80 bits per heavy atom. The normalized spacial score (nSPS) is 11.7. The molecule has 3 rings (SSSR count). The first kappa shape index (κ1) is 22.3. The maximum atomic E-state index is 6.15. The van der Waals surface area contributed by atoms with Crippen molar-refractivity contribution in [2.45, 2.75) is 39.5 Å². The SMILES string of the molecule is COc1ccc(-c2sc(=S)n(OCCC(CC=C(C)C)c3ccccc3)c2C)cc1. The predicted molar refractivity (Wildman–Crippen MR) is 129 cm³/mol. The van der Waals surface area contributed by atoms with Crippen LogP contribution in [0.4, 0.5) is 0 Å². The van der Waals surface area contributed by atoms with Gasteiger partial charge >= 0.3 is 0 Å². The summed E-state index contributed by atoms with van der Waals surface area (Å²) in [6, 6.07) is 18.7. The summed E-state index contributed by atoms with van der Waals surface area (Å²) < 4.78 is 7.80. The highest BCUT2D eigenvalue weighted by Crippen LogP contribution is 2.31. The van der Waals surface area contributed by atoms with E-state index in [0.717, 1.165) is 38.7 Å². The van der Waals surface area contributed by atoms with Crippen LogP contribution in [0.1, 0.15) is 43.9 Å². The minimum Gasteiger partial charge on any atom is -0.497 e. The summed E-state index contributed by atoms with van der Waals surface area (Å²) in [5.41, 5.74) is 4.85. The Morgan fingerprint density at radius 1 is 1.10 bits per heavy atom. The van der Waals surface area contributed by atoms with E-state index < -0.39 is 0 Å². The summed E-state index contributed by atoms with van der Waals surface area (Å²) >= 11 is 7.17. The van der Waals surface area contributed by atoms with E-state index in [1.165, 1.54) is 11.1 Å². The van der Waals surface area contributed by atoms with Crippen molar-refractivity contribution in [1.82, 2.24) is 4.73 Å². The van der Waals surface area contributed by atoms with E-state index in [9.17, 15) is 0 Å². The lowest BCUT2D eigenvalue weighted by molar-refractivity contribution is 0.0989. The minimum absolute atomic E-state index is 0.426. The Balaban J connectivity index is 1.72. The standard InChI is InChI=1S/C25H29NO2S2/c1-18(2)10-11-21(20-8-6-5-7-9-20)16-17-28-26-19(3)24(30-25(26)29)22-12-14-23(27-4)15-13-22/h5-10,12-15,21H,11,16-17H2,1-4H3. The second kappa shape index (κ2) is 10.6. The summed E-state index contributed by atoms with van der Waals surface area (Å²) in [4.78, 5) is 7.28. The average molecular weight is 440 g/mol. The fraction of sp³-hybridized carbons (Fsp3) is 0.320. The van der Waals surface area contributed by atoms with Gasteiger partial charge in [0, 0.05) is 0 Å². The van der Waals surface area contributed by atoms with Crippen LogP contribution in [0, 0.1) is 10.9 Å². The minimum atomic E-state index is 0.426. The lowest BCUT2D eigenvalue weighted by Gasteiger charge is -2.17. The molecule has 30 heavy (non-hydrogen) atoms. The van der Waals surface area contributed by atoms with Crippen molar-refractivity contribution >= 4 is 23.6 Å². The summed E-state index contributed by atoms with van der Waals surface area (Å²) in [5, 5.41) is 0. The Morgan fingerprint density at radius 3 is 2.43 bits per heavy atom. The van der Waals surface area contributed by atoms with Crippen molar-refractivity contribution in [1.29, 1.82) is 0 Å². The number of hydrogen-bond donors (Lipinski definition) is 0. The number of benzene rings is 2. The molecule has 3 nitrogen and oxygen atoms in total. The molecule has 0 saturated heterocycles. The molecule has 1 aromatic heterocycles. The zero-order valence-electron chi connectivity index (χ0n) is 18.1. The lowest BCUT2D eigenvalue weighted by Crippen LogP contribution is -2.16. The highest BCUT2D eigenvalue weighted by molar-refractivity contribution is 7.73. The molecule has 0 saturated carbocycles. The van der Waals surface area contributed by atoms with Crippen molar-refractivity contribution < 1.29 is 9.57 Å². The fourth-order valence-corrected chi connectivity index (χ4v) is 4.77. The maximum absolute atomic E-state index is 6.15. The van der Waals surface area contributed by atoms with Gasteiger partial charge in [-0.25, -0.2) is 0 Å². The molecule has 0 aliphatic rings. The summed E-state index contributed by atoms with van der Waals surface area (Å²) in [7, 11) is 1.68. The van der Waals surface area contributed by atoms with Gasteiger partial charge in [0.2, 0.25) is 0 Å².